The van der Waals surface area contributed by atoms with Gasteiger partial charge in [-0.25, -0.2) is 0 Å². The Bertz CT molecular complexity index is 692. The molecule has 0 saturated heterocycles. The summed E-state index contributed by atoms with van der Waals surface area (Å²) in [6, 6.07) is 12.1. The van der Waals surface area contributed by atoms with Crippen LogP contribution in [0.2, 0.25) is 5.02 Å². The fraction of sp³-hybridized carbons (Fsp3) is 0.368. The summed E-state index contributed by atoms with van der Waals surface area (Å²) in [7, 11) is 0. The van der Waals surface area contributed by atoms with E-state index in [4.69, 9.17) is 21.1 Å². The maximum atomic E-state index is 6.24. The highest BCUT2D eigenvalue weighted by atomic mass is 35.5. The SMILES string of the molecule is CCc1cccc(OCc2cc(Cl)cc3c2OC(C)(C)C3)c1. The van der Waals surface area contributed by atoms with Crippen molar-refractivity contribution in [2.45, 2.75) is 45.8 Å². The van der Waals surface area contributed by atoms with Crippen LogP contribution in [0.1, 0.15) is 37.5 Å². The Kier molecular flexibility index (Phi) is 4.05. The van der Waals surface area contributed by atoms with E-state index in [-0.39, 0.29) is 5.60 Å². The first kappa shape index (κ1) is 15.2. The lowest BCUT2D eigenvalue weighted by atomic mass is 10.0. The summed E-state index contributed by atoms with van der Waals surface area (Å²) < 4.78 is 12.0. The van der Waals surface area contributed by atoms with Gasteiger partial charge in [0.05, 0.1) is 0 Å². The summed E-state index contributed by atoms with van der Waals surface area (Å²) in [6.07, 6.45) is 1.88. The van der Waals surface area contributed by atoms with E-state index in [9.17, 15) is 0 Å². The molecule has 0 bridgehead atoms. The highest BCUT2D eigenvalue weighted by Gasteiger charge is 2.32. The Morgan fingerprint density at radius 2 is 2.05 bits per heavy atom. The zero-order valence-corrected chi connectivity index (χ0v) is 14.0. The highest BCUT2D eigenvalue weighted by Crippen LogP contribution is 2.40. The largest absolute Gasteiger partial charge is 0.489 e. The van der Waals surface area contributed by atoms with Gasteiger partial charge in [-0.3, -0.25) is 0 Å². The maximum absolute atomic E-state index is 6.24. The fourth-order valence-corrected chi connectivity index (χ4v) is 3.13. The summed E-state index contributed by atoms with van der Waals surface area (Å²) in [6.45, 7) is 6.79. The average molecular weight is 317 g/mol. The number of hydrogen-bond donors (Lipinski definition) is 0. The van der Waals surface area contributed by atoms with Crippen molar-refractivity contribution >= 4 is 11.6 Å². The van der Waals surface area contributed by atoms with Gasteiger partial charge in [0.25, 0.3) is 0 Å². The quantitative estimate of drug-likeness (QED) is 0.772. The summed E-state index contributed by atoms with van der Waals surface area (Å²) in [5.74, 6) is 1.81. The van der Waals surface area contributed by atoms with Gasteiger partial charge in [-0.15, -0.1) is 0 Å². The molecule has 0 radical (unpaired) electrons. The molecular formula is C19H21ClO2. The first-order valence-electron chi connectivity index (χ1n) is 7.69. The Morgan fingerprint density at radius 1 is 1.23 bits per heavy atom. The summed E-state index contributed by atoms with van der Waals surface area (Å²) >= 11 is 6.24. The molecule has 116 valence electrons. The summed E-state index contributed by atoms with van der Waals surface area (Å²) in [4.78, 5) is 0. The van der Waals surface area contributed by atoms with E-state index >= 15 is 0 Å². The molecular weight excluding hydrogens is 296 g/mol. The van der Waals surface area contributed by atoms with Crippen LogP contribution in [0.4, 0.5) is 0 Å². The molecule has 1 aliphatic rings. The molecule has 2 aromatic rings. The van der Waals surface area contributed by atoms with Crippen LogP contribution < -0.4 is 9.47 Å². The van der Waals surface area contributed by atoms with Gasteiger partial charge < -0.3 is 9.47 Å². The molecule has 2 nitrogen and oxygen atoms in total. The van der Waals surface area contributed by atoms with Gasteiger partial charge in [-0.05, 0) is 55.7 Å². The molecule has 0 fully saturated rings. The molecule has 2 aromatic carbocycles. The second-order valence-corrected chi connectivity index (χ2v) is 6.82. The van der Waals surface area contributed by atoms with Gasteiger partial charge in [0, 0.05) is 17.0 Å². The van der Waals surface area contributed by atoms with E-state index in [0.29, 0.717) is 6.61 Å². The van der Waals surface area contributed by atoms with E-state index in [1.807, 2.05) is 24.3 Å². The van der Waals surface area contributed by atoms with Crippen molar-refractivity contribution in [3.8, 4) is 11.5 Å². The highest BCUT2D eigenvalue weighted by molar-refractivity contribution is 6.30. The van der Waals surface area contributed by atoms with Crippen molar-refractivity contribution in [3.05, 3.63) is 58.1 Å². The minimum absolute atomic E-state index is 0.177. The second-order valence-electron chi connectivity index (χ2n) is 6.38. The van der Waals surface area contributed by atoms with Crippen LogP contribution in [-0.4, -0.2) is 5.60 Å². The van der Waals surface area contributed by atoms with Gasteiger partial charge in [-0.2, -0.15) is 0 Å². The zero-order valence-electron chi connectivity index (χ0n) is 13.3. The number of ether oxygens (including phenoxy) is 2. The van der Waals surface area contributed by atoms with E-state index in [0.717, 1.165) is 34.9 Å². The predicted octanol–water partition coefficient (Wildman–Crippen LogP) is 5.19. The zero-order chi connectivity index (χ0) is 15.7. The standard InChI is InChI=1S/C19H21ClO2/c1-4-13-6-5-7-17(8-13)21-12-15-10-16(20)9-14-11-19(2,3)22-18(14)15/h5-10H,4,11-12H2,1-3H3. The van der Waals surface area contributed by atoms with Gasteiger partial charge >= 0.3 is 0 Å². The van der Waals surface area contributed by atoms with Gasteiger partial charge in [0.1, 0.15) is 23.7 Å². The molecule has 0 aromatic heterocycles. The fourth-order valence-electron chi connectivity index (χ4n) is 2.87. The monoisotopic (exact) mass is 316 g/mol. The molecule has 3 rings (SSSR count). The molecule has 0 amide bonds. The van der Waals surface area contributed by atoms with E-state index in [2.05, 4.69) is 32.9 Å². The molecule has 3 heteroatoms. The number of aryl methyl sites for hydroxylation is 1. The molecule has 1 aliphatic heterocycles. The van der Waals surface area contributed by atoms with Gasteiger partial charge in [0.2, 0.25) is 0 Å². The van der Waals surface area contributed by atoms with Gasteiger partial charge in [0.15, 0.2) is 0 Å². The normalized spacial score (nSPS) is 15.3. The van der Waals surface area contributed by atoms with E-state index < -0.39 is 0 Å². The van der Waals surface area contributed by atoms with Crippen LogP contribution in [0.15, 0.2) is 36.4 Å². The Hall–Kier alpha value is -1.67. The topological polar surface area (TPSA) is 18.5 Å². The van der Waals surface area contributed by atoms with E-state index in [1.54, 1.807) is 0 Å². The third-order valence-corrected chi connectivity index (χ3v) is 4.12. The first-order valence-corrected chi connectivity index (χ1v) is 8.07. The molecule has 0 spiro atoms. The van der Waals surface area contributed by atoms with Crippen molar-refractivity contribution in [3.63, 3.8) is 0 Å². The number of halogens is 1. The minimum Gasteiger partial charge on any atom is -0.489 e. The number of hydrogen-bond acceptors (Lipinski definition) is 2. The second kappa shape index (κ2) is 5.85. The Balaban J connectivity index is 1.81. The molecule has 0 atom stereocenters. The van der Waals surface area contributed by atoms with Crippen LogP contribution in [0.3, 0.4) is 0 Å². The molecule has 0 N–H and O–H groups in total. The van der Waals surface area contributed by atoms with Crippen LogP contribution in [0, 0.1) is 0 Å². The summed E-state index contributed by atoms with van der Waals surface area (Å²) in [5.41, 5.74) is 3.27. The Morgan fingerprint density at radius 3 is 2.82 bits per heavy atom. The van der Waals surface area contributed by atoms with E-state index in [1.165, 1.54) is 11.1 Å². The third-order valence-electron chi connectivity index (χ3n) is 3.90. The lowest BCUT2D eigenvalue weighted by Crippen LogP contribution is -2.25. The van der Waals surface area contributed by atoms with Gasteiger partial charge in [-0.1, -0.05) is 30.7 Å². The predicted molar refractivity (Wildman–Crippen MR) is 90.0 cm³/mol. The van der Waals surface area contributed by atoms with Crippen molar-refractivity contribution < 1.29 is 9.47 Å². The van der Waals surface area contributed by atoms with Crippen LogP contribution in [0.25, 0.3) is 0 Å². The number of benzene rings is 2. The molecule has 0 saturated carbocycles. The van der Waals surface area contributed by atoms with Crippen molar-refractivity contribution in [1.82, 2.24) is 0 Å². The molecule has 22 heavy (non-hydrogen) atoms. The van der Waals surface area contributed by atoms with Crippen LogP contribution >= 0.6 is 11.6 Å². The number of fused-ring (bicyclic) bond motifs is 1. The number of rotatable bonds is 4. The first-order chi connectivity index (χ1) is 10.5. The minimum atomic E-state index is -0.177. The Labute approximate surface area is 137 Å². The third kappa shape index (κ3) is 3.22. The van der Waals surface area contributed by atoms with Crippen molar-refractivity contribution in [2.24, 2.45) is 0 Å². The smallest absolute Gasteiger partial charge is 0.130 e. The average Bonchev–Trinajstić information content (AvgIpc) is 2.79. The maximum Gasteiger partial charge on any atom is 0.130 e. The van der Waals surface area contributed by atoms with Crippen LogP contribution in [-0.2, 0) is 19.4 Å². The van der Waals surface area contributed by atoms with Crippen molar-refractivity contribution in [1.29, 1.82) is 0 Å². The van der Waals surface area contributed by atoms with Crippen LogP contribution in [0.5, 0.6) is 11.5 Å². The lowest BCUT2D eigenvalue weighted by Gasteiger charge is -2.18. The lowest BCUT2D eigenvalue weighted by molar-refractivity contribution is 0.135. The van der Waals surface area contributed by atoms with Crippen molar-refractivity contribution in [2.75, 3.05) is 0 Å². The summed E-state index contributed by atoms with van der Waals surface area (Å²) in [5, 5.41) is 0.737. The molecule has 1 heterocycles. The molecule has 0 unspecified atom stereocenters. The molecule has 0 aliphatic carbocycles.